The van der Waals surface area contributed by atoms with Gasteiger partial charge >= 0.3 is 0 Å². The standard InChI is InChI=1S/C15H12N/c1-11-13-9-5-6-10-14(13)16-15(11)12-7-3-2-4-8-12/h2-3,5-10,16H,1H3. The molecule has 0 saturated carbocycles. The van der Waals surface area contributed by atoms with Crippen LogP contribution in [0.3, 0.4) is 0 Å². The van der Waals surface area contributed by atoms with Gasteiger partial charge in [-0.15, -0.1) is 0 Å². The van der Waals surface area contributed by atoms with Crippen molar-refractivity contribution in [3.05, 3.63) is 60.2 Å². The molecule has 0 aliphatic carbocycles. The summed E-state index contributed by atoms with van der Waals surface area (Å²) < 4.78 is 0. The van der Waals surface area contributed by atoms with Gasteiger partial charge < -0.3 is 4.98 Å². The van der Waals surface area contributed by atoms with E-state index in [1.54, 1.807) is 0 Å². The van der Waals surface area contributed by atoms with Crippen LogP contribution in [0.4, 0.5) is 0 Å². The summed E-state index contributed by atoms with van der Waals surface area (Å²) in [6.07, 6.45) is 0. The third kappa shape index (κ3) is 1.33. The first-order chi connectivity index (χ1) is 7.86. The van der Waals surface area contributed by atoms with E-state index < -0.39 is 0 Å². The van der Waals surface area contributed by atoms with Crippen LogP contribution in [0.1, 0.15) is 5.56 Å². The van der Waals surface area contributed by atoms with Gasteiger partial charge in [-0.25, -0.2) is 0 Å². The number of aromatic amines is 1. The molecular formula is C15H12N. The van der Waals surface area contributed by atoms with Crippen LogP contribution in [0.15, 0.2) is 48.5 Å². The second-order valence-corrected chi connectivity index (χ2v) is 3.96. The van der Waals surface area contributed by atoms with Crippen molar-refractivity contribution < 1.29 is 0 Å². The molecule has 77 valence electrons. The van der Waals surface area contributed by atoms with Crippen LogP contribution >= 0.6 is 0 Å². The molecule has 0 aliphatic rings. The first kappa shape index (κ1) is 9.22. The van der Waals surface area contributed by atoms with Crippen molar-refractivity contribution in [2.75, 3.05) is 0 Å². The Morgan fingerprint density at radius 1 is 1.06 bits per heavy atom. The number of aromatic nitrogens is 1. The topological polar surface area (TPSA) is 15.8 Å². The van der Waals surface area contributed by atoms with Crippen molar-refractivity contribution in [3.8, 4) is 11.3 Å². The molecule has 3 aromatic rings. The molecule has 0 amide bonds. The van der Waals surface area contributed by atoms with Gasteiger partial charge in [0.05, 0.1) is 0 Å². The molecule has 0 saturated heterocycles. The van der Waals surface area contributed by atoms with Crippen molar-refractivity contribution in [2.24, 2.45) is 0 Å². The zero-order valence-corrected chi connectivity index (χ0v) is 9.12. The van der Waals surface area contributed by atoms with Gasteiger partial charge in [-0.05, 0) is 36.2 Å². The molecule has 3 rings (SSSR count). The Labute approximate surface area is 94.7 Å². The van der Waals surface area contributed by atoms with Crippen LogP contribution in [0.5, 0.6) is 0 Å². The predicted molar refractivity (Wildman–Crippen MR) is 67.3 cm³/mol. The molecule has 0 atom stereocenters. The second-order valence-electron chi connectivity index (χ2n) is 3.96. The van der Waals surface area contributed by atoms with E-state index in [0.717, 1.165) is 0 Å². The molecule has 0 bridgehead atoms. The Bertz CT molecular complexity index is 620. The molecular weight excluding hydrogens is 194 g/mol. The highest BCUT2D eigenvalue weighted by Gasteiger charge is 2.07. The van der Waals surface area contributed by atoms with Gasteiger partial charge in [0.1, 0.15) is 0 Å². The molecule has 0 aliphatic heterocycles. The summed E-state index contributed by atoms with van der Waals surface area (Å²) in [6.45, 7) is 2.15. The zero-order chi connectivity index (χ0) is 11.0. The summed E-state index contributed by atoms with van der Waals surface area (Å²) in [4.78, 5) is 3.46. The maximum absolute atomic E-state index is 3.46. The van der Waals surface area contributed by atoms with E-state index in [-0.39, 0.29) is 0 Å². The van der Waals surface area contributed by atoms with Crippen molar-refractivity contribution in [1.29, 1.82) is 0 Å². The van der Waals surface area contributed by atoms with E-state index in [2.05, 4.69) is 48.3 Å². The highest BCUT2D eigenvalue weighted by atomic mass is 14.7. The summed E-state index contributed by atoms with van der Waals surface area (Å²) in [5.41, 5.74) is 4.88. The highest BCUT2D eigenvalue weighted by Crippen LogP contribution is 2.28. The molecule has 0 fully saturated rings. The number of benzene rings is 2. The first-order valence-corrected chi connectivity index (χ1v) is 5.40. The smallest absolute Gasteiger partial charge is 0.0494 e. The summed E-state index contributed by atoms with van der Waals surface area (Å²) in [7, 11) is 0. The summed E-state index contributed by atoms with van der Waals surface area (Å²) in [5, 5.41) is 1.29. The maximum Gasteiger partial charge on any atom is 0.0494 e. The first-order valence-electron chi connectivity index (χ1n) is 5.40. The Kier molecular flexibility index (Phi) is 2.03. The zero-order valence-electron chi connectivity index (χ0n) is 9.12. The van der Waals surface area contributed by atoms with Crippen molar-refractivity contribution in [2.45, 2.75) is 6.92 Å². The lowest BCUT2D eigenvalue weighted by atomic mass is 10.1. The molecule has 1 nitrogen and oxygen atoms in total. The third-order valence-electron chi connectivity index (χ3n) is 2.96. The third-order valence-corrected chi connectivity index (χ3v) is 2.96. The molecule has 0 unspecified atom stereocenters. The van der Waals surface area contributed by atoms with Gasteiger partial charge in [-0.2, -0.15) is 0 Å². The summed E-state index contributed by atoms with van der Waals surface area (Å²) >= 11 is 0. The van der Waals surface area contributed by atoms with Gasteiger partial charge in [0, 0.05) is 16.6 Å². The van der Waals surface area contributed by atoms with Crippen molar-refractivity contribution in [1.82, 2.24) is 4.98 Å². The quantitative estimate of drug-likeness (QED) is 0.620. The number of H-pyrrole nitrogens is 1. The van der Waals surface area contributed by atoms with E-state index in [0.29, 0.717) is 0 Å². The van der Waals surface area contributed by atoms with Crippen LogP contribution in [-0.2, 0) is 0 Å². The number of aryl methyl sites for hydroxylation is 1. The monoisotopic (exact) mass is 206 g/mol. The summed E-state index contributed by atoms with van der Waals surface area (Å²) in [5.74, 6) is 0. The molecule has 1 radical (unpaired) electrons. The fraction of sp³-hybridized carbons (Fsp3) is 0.0667. The molecule has 1 aromatic heterocycles. The van der Waals surface area contributed by atoms with Crippen LogP contribution < -0.4 is 0 Å². The second kappa shape index (κ2) is 3.53. The van der Waals surface area contributed by atoms with Crippen LogP contribution in [0.25, 0.3) is 22.2 Å². The molecule has 2 aromatic carbocycles. The fourth-order valence-corrected chi connectivity index (χ4v) is 2.12. The number of fused-ring (bicyclic) bond motifs is 1. The highest BCUT2D eigenvalue weighted by molar-refractivity contribution is 5.90. The van der Waals surface area contributed by atoms with Crippen molar-refractivity contribution >= 4 is 10.9 Å². The molecule has 1 N–H and O–H groups in total. The van der Waals surface area contributed by atoms with Crippen molar-refractivity contribution in [3.63, 3.8) is 0 Å². The molecule has 16 heavy (non-hydrogen) atoms. The average Bonchev–Trinajstić information content (AvgIpc) is 2.69. The van der Waals surface area contributed by atoms with Gasteiger partial charge in [0.25, 0.3) is 0 Å². The summed E-state index contributed by atoms with van der Waals surface area (Å²) in [6, 6.07) is 19.5. The minimum absolute atomic E-state index is 1.19. The Morgan fingerprint density at radius 2 is 1.94 bits per heavy atom. The van der Waals surface area contributed by atoms with Crippen LogP contribution in [-0.4, -0.2) is 4.98 Å². The number of nitrogens with one attached hydrogen (secondary N) is 1. The van der Waals surface area contributed by atoms with Gasteiger partial charge in [0.15, 0.2) is 0 Å². The number of hydrogen-bond acceptors (Lipinski definition) is 0. The maximum atomic E-state index is 3.46. The van der Waals surface area contributed by atoms with Crippen LogP contribution in [0, 0.1) is 13.0 Å². The minimum atomic E-state index is 1.19. The molecule has 1 heteroatoms. The lowest BCUT2D eigenvalue weighted by Gasteiger charge is -1.98. The Balaban J connectivity index is 2.29. The van der Waals surface area contributed by atoms with E-state index >= 15 is 0 Å². The Hall–Kier alpha value is -2.02. The lowest BCUT2D eigenvalue weighted by molar-refractivity contribution is 1.41. The largest absolute Gasteiger partial charge is 0.354 e. The Morgan fingerprint density at radius 3 is 2.69 bits per heavy atom. The van der Waals surface area contributed by atoms with E-state index in [4.69, 9.17) is 0 Å². The number of hydrogen-bond donors (Lipinski definition) is 1. The van der Waals surface area contributed by atoms with E-state index in [1.807, 2.05) is 18.2 Å². The SMILES string of the molecule is Cc1c(-c2c[c]ccc2)[nH]c2ccccc12. The van der Waals surface area contributed by atoms with E-state index in [9.17, 15) is 0 Å². The normalized spacial score (nSPS) is 10.8. The number of rotatable bonds is 1. The van der Waals surface area contributed by atoms with Gasteiger partial charge in [-0.1, -0.05) is 36.4 Å². The predicted octanol–water partition coefficient (Wildman–Crippen LogP) is 3.94. The number of para-hydroxylation sites is 1. The van der Waals surface area contributed by atoms with Crippen LogP contribution in [0.2, 0.25) is 0 Å². The molecule has 0 spiro atoms. The van der Waals surface area contributed by atoms with Gasteiger partial charge in [0.2, 0.25) is 0 Å². The fourth-order valence-electron chi connectivity index (χ4n) is 2.12. The minimum Gasteiger partial charge on any atom is -0.354 e. The molecule has 1 heterocycles. The lowest BCUT2D eigenvalue weighted by Crippen LogP contribution is -1.79. The van der Waals surface area contributed by atoms with E-state index in [1.165, 1.54) is 27.7 Å². The average molecular weight is 206 g/mol. The van der Waals surface area contributed by atoms with Gasteiger partial charge in [-0.3, -0.25) is 0 Å².